The Morgan fingerprint density at radius 2 is 2.14 bits per heavy atom. The Hall–Kier alpha value is -2.12. The summed E-state index contributed by atoms with van der Waals surface area (Å²) in [7, 11) is 0. The molecule has 21 heavy (non-hydrogen) atoms. The Bertz CT molecular complexity index is 654. The van der Waals surface area contributed by atoms with Crippen molar-refractivity contribution in [3.63, 3.8) is 0 Å². The Kier molecular flexibility index (Phi) is 4.15. The number of urea groups is 1. The van der Waals surface area contributed by atoms with E-state index < -0.39 is 11.6 Å². The second-order valence-corrected chi connectivity index (χ2v) is 5.00. The first-order valence-electron chi connectivity index (χ1n) is 6.37. The van der Waals surface area contributed by atoms with Crippen LogP contribution in [0.25, 0.3) is 11.5 Å². The highest BCUT2D eigenvalue weighted by molar-refractivity contribution is 5.88. The number of aromatic nitrogens is 2. The molecule has 2 aromatic rings. The summed E-state index contributed by atoms with van der Waals surface area (Å²) in [6.45, 7) is 0. The molecule has 1 saturated carbocycles. The molecule has 112 valence electrons. The van der Waals surface area contributed by atoms with Gasteiger partial charge < -0.3 is 21.3 Å². The quantitative estimate of drug-likeness (QED) is 0.800. The highest BCUT2D eigenvalue weighted by Gasteiger charge is 2.39. The first-order chi connectivity index (χ1) is 9.57. The molecule has 1 aliphatic carbocycles. The maximum absolute atomic E-state index is 10.8. The Labute approximate surface area is 127 Å². The fourth-order valence-corrected chi connectivity index (χ4v) is 2.20. The molecular weight excluding hydrogens is 294 g/mol. The first kappa shape index (κ1) is 15.3. The third-order valence-electron chi connectivity index (χ3n) is 3.49. The first-order valence-corrected chi connectivity index (χ1v) is 6.37. The predicted octanol–water partition coefficient (Wildman–Crippen LogP) is 1.99. The maximum atomic E-state index is 10.8. The van der Waals surface area contributed by atoms with E-state index in [1.807, 2.05) is 6.07 Å². The van der Waals surface area contributed by atoms with Gasteiger partial charge in [-0.2, -0.15) is 4.98 Å². The van der Waals surface area contributed by atoms with Gasteiger partial charge in [-0.15, -0.1) is 12.4 Å². The molecule has 1 aliphatic rings. The Morgan fingerprint density at radius 1 is 1.38 bits per heavy atom. The van der Waals surface area contributed by atoms with Crippen molar-refractivity contribution in [3.8, 4) is 11.5 Å². The summed E-state index contributed by atoms with van der Waals surface area (Å²) in [5.74, 6) is 0.914. The number of amides is 2. The van der Waals surface area contributed by atoms with Gasteiger partial charge in [0.25, 0.3) is 5.89 Å². The van der Waals surface area contributed by atoms with Crippen molar-refractivity contribution in [1.29, 1.82) is 0 Å². The molecule has 0 spiro atoms. The van der Waals surface area contributed by atoms with Crippen LogP contribution in [0.3, 0.4) is 0 Å². The molecule has 1 aromatic heterocycles. The summed E-state index contributed by atoms with van der Waals surface area (Å²) >= 11 is 0. The number of halogens is 1. The number of carbonyl (C=O) groups excluding carboxylic acids is 1. The lowest BCUT2D eigenvalue weighted by Gasteiger charge is -2.34. The van der Waals surface area contributed by atoms with E-state index >= 15 is 0 Å². The second kappa shape index (κ2) is 5.71. The molecule has 7 nitrogen and oxygen atoms in total. The van der Waals surface area contributed by atoms with E-state index in [9.17, 15) is 4.79 Å². The minimum Gasteiger partial charge on any atom is -0.351 e. The average Bonchev–Trinajstić information content (AvgIpc) is 2.85. The molecular formula is C13H16ClN5O2. The summed E-state index contributed by atoms with van der Waals surface area (Å²) < 4.78 is 5.25. The second-order valence-electron chi connectivity index (χ2n) is 5.00. The number of carbonyl (C=O) groups is 1. The normalized spacial score (nSPS) is 15.7. The Balaban J connectivity index is 0.00000161. The van der Waals surface area contributed by atoms with Crippen LogP contribution < -0.4 is 16.8 Å². The highest BCUT2D eigenvalue weighted by Crippen LogP contribution is 2.37. The third-order valence-corrected chi connectivity index (χ3v) is 3.49. The third kappa shape index (κ3) is 2.98. The van der Waals surface area contributed by atoms with Gasteiger partial charge in [-0.3, -0.25) is 0 Å². The van der Waals surface area contributed by atoms with Crippen molar-refractivity contribution in [2.24, 2.45) is 11.5 Å². The molecule has 5 N–H and O–H groups in total. The molecule has 0 saturated heterocycles. The standard InChI is InChI=1S/C13H15N5O2.ClH/c14-12(19)16-9-4-1-3-8(7-9)10-17-11(18-20-10)13(15)5-2-6-13;/h1,3-4,7H,2,5-6,15H2,(H3,14,16,19);1H. The number of benzene rings is 1. The van der Waals surface area contributed by atoms with Crippen LogP contribution >= 0.6 is 12.4 Å². The van der Waals surface area contributed by atoms with Crippen LogP contribution in [0.4, 0.5) is 10.5 Å². The fourth-order valence-electron chi connectivity index (χ4n) is 2.20. The van der Waals surface area contributed by atoms with Crippen molar-refractivity contribution < 1.29 is 9.32 Å². The molecule has 8 heteroatoms. The van der Waals surface area contributed by atoms with Gasteiger partial charge in [-0.25, -0.2) is 4.79 Å². The van der Waals surface area contributed by atoms with Crippen LogP contribution in [0.1, 0.15) is 25.1 Å². The SMILES string of the molecule is Cl.NC(=O)Nc1cccc(-c2nc(C3(N)CCC3)no2)c1. The number of anilines is 1. The summed E-state index contributed by atoms with van der Waals surface area (Å²) in [4.78, 5) is 15.2. The monoisotopic (exact) mass is 309 g/mol. The number of hydrogen-bond donors (Lipinski definition) is 3. The number of rotatable bonds is 3. The summed E-state index contributed by atoms with van der Waals surface area (Å²) in [6.07, 6.45) is 2.82. The smallest absolute Gasteiger partial charge is 0.316 e. The maximum Gasteiger partial charge on any atom is 0.316 e. The van der Waals surface area contributed by atoms with Crippen molar-refractivity contribution in [3.05, 3.63) is 30.1 Å². The van der Waals surface area contributed by atoms with Crippen molar-refractivity contribution in [2.45, 2.75) is 24.8 Å². The molecule has 1 fully saturated rings. The zero-order chi connectivity index (χ0) is 14.2. The largest absolute Gasteiger partial charge is 0.351 e. The molecule has 1 aromatic carbocycles. The van der Waals surface area contributed by atoms with Gasteiger partial charge in [0.1, 0.15) is 0 Å². The van der Waals surface area contributed by atoms with Gasteiger partial charge >= 0.3 is 6.03 Å². The Morgan fingerprint density at radius 3 is 2.76 bits per heavy atom. The number of primary amides is 1. The zero-order valence-corrected chi connectivity index (χ0v) is 12.0. The molecule has 2 amide bonds. The summed E-state index contributed by atoms with van der Waals surface area (Å²) in [5, 5.41) is 6.45. The molecule has 0 atom stereocenters. The van der Waals surface area contributed by atoms with Crippen LogP contribution in [-0.2, 0) is 5.54 Å². The van der Waals surface area contributed by atoms with Crippen LogP contribution in [0, 0.1) is 0 Å². The topological polar surface area (TPSA) is 120 Å². The van der Waals surface area contributed by atoms with E-state index in [2.05, 4.69) is 15.5 Å². The van der Waals surface area contributed by atoms with E-state index in [1.54, 1.807) is 18.2 Å². The molecule has 1 heterocycles. The van der Waals surface area contributed by atoms with Gasteiger partial charge in [0.15, 0.2) is 5.82 Å². The van der Waals surface area contributed by atoms with Gasteiger partial charge in [0, 0.05) is 11.3 Å². The van der Waals surface area contributed by atoms with Crippen molar-refractivity contribution >= 4 is 24.1 Å². The van der Waals surface area contributed by atoms with E-state index in [0.29, 0.717) is 23.0 Å². The van der Waals surface area contributed by atoms with Crippen LogP contribution in [0.2, 0.25) is 0 Å². The highest BCUT2D eigenvalue weighted by atomic mass is 35.5. The summed E-state index contributed by atoms with van der Waals surface area (Å²) in [5.41, 5.74) is 12.1. The number of hydrogen-bond acceptors (Lipinski definition) is 5. The summed E-state index contributed by atoms with van der Waals surface area (Å²) in [6, 6.07) is 6.40. The fraction of sp³-hybridized carbons (Fsp3) is 0.308. The van der Waals surface area contributed by atoms with E-state index in [4.69, 9.17) is 16.0 Å². The van der Waals surface area contributed by atoms with Crippen LogP contribution in [0.5, 0.6) is 0 Å². The van der Waals surface area contributed by atoms with E-state index in [-0.39, 0.29) is 12.4 Å². The lowest BCUT2D eigenvalue weighted by Crippen LogP contribution is -2.44. The molecule has 0 radical (unpaired) electrons. The number of nitrogens with zero attached hydrogens (tertiary/aromatic N) is 2. The van der Waals surface area contributed by atoms with Crippen LogP contribution in [0.15, 0.2) is 28.8 Å². The van der Waals surface area contributed by atoms with Crippen LogP contribution in [-0.4, -0.2) is 16.2 Å². The lowest BCUT2D eigenvalue weighted by molar-refractivity contribution is 0.229. The molecule has 0 unspecified atom stereocenters. The molecule has 0 bridgehead atoms. The van der Waals surface area contributed by atoms with Gasteiger partial charge in [0.05, 0.1) is 5.54 Å². The van der Waals surface area contributed by atoms with Gasteiger partial charge in [0.2, 0.25) is 0 Å². The minimum absolute atomic E-state index is 0. The van der Waals surface area contributed by atoms with Gasteiger partial charge in [-0.1, -0.05) is 11.2 Å². The predicted molar refractivity (Wildman–Crippen MR) is 79.9 cm³/mol. The number of nitrogens with two attached hydrogens (primary N) is 2. The van der Waals surface area contributed by atoms with E-state index in [1.165, 1.54) is 0 Å². The van der Waals surface area contributed by atoms with Gasteiger partial charge in [-0.05, 0) is 37.5 Å². The van der Waals surface area contributed by atoms with Crippen molar-refractivity contribution in [1.82, 2.24) is 10.1 Å². The zero-order valence-electron chi connectivity index (χ0n) is 11.2. The minimum atomic E-state index is -0.622. The van der Waals surface area contributed by atoms with Crippen molar-refractivity contribution in [2.75, 3.05) is 5.32 Å². The number of nitrogens with one attached hydrogen (secondary N) is 1. The van der Waals surface area contributed by atoms with E-state index in [0.717, 1.165) is 19.3 Å². The molecule has 0 aliphatic heterocycles. The molecule has 3 rings (SSSR count). The lowest BCUT2D eigenvalue weighted by atomic mass is 9.77. The average molecular weight is 310 g/mol.